The van der Waals surface area contributed by atoms with Crippen LogP contribution in [0.2, 0.25) is 0 Å². The van der Waals surface area contributed by atoms with Crippen molar-refractivity contribution in [3.63, 3.8) is 0 Å². The quantitative estimate of drug-likeness (QED) is 0.858. The molecule has 1 N–H and O–H groups in total. The van der Waals surface area contributed by atoms with Crippen LogP contribution in [-0.2, 0) is 13.5 Å². The third-order valence-corrected chi connectivity index (χ3v) is 2.38. The van der Waals surface area contributed by atoms with E-state index in [1.807, 2.05) is 6.92 Å². The van der Waals surface area contributed by atoms with Gasteiger partial charge in [0.2, 0.25) is 0 Å². The number of nitrogens with one attached hydrogen (secondary N) is 1. The van der Waals surface area contributed by atoms with Gasteiger partial charge in [-0.25, -0.2) is 8.78 Å². The maximum atomic E-state index is 13.4. The molecule has 0 radical (unpaired) electrons. The number of nitrogens with zero attached hydrogens (tertiary/aromatic N) is 3. The van der Waals surface area contributed by atoms with Crippen molar-refractivity contribution < 1.29 is 13.2 Å². The highest BCUT2D eigenvalue weighted by Gasteiger charge is 2.14. The Balaban J connectivity index is 2.36. The van der Waals surface area contributed by atoms with Gasteiger partial charge in [-0.1, -0.05) is 6.92 Å². The van der Waals surface area contributed by atoms with E-state index in [-0.39, 0.29) is 5.82 Å². The number of hydrogen-bond acceptors (Lipinski definition) is 3. The summed E-state index contributed by atoms with van der Waals surface area (Å²) in [5, 5.41) is 6.74. The second-order valence-electron chi connectivity index (χ2n) is 3.73. The first kappa shape index (κ1) is 12.4. The third-order valence-electron chi connectivity index (χ3n) is 2.38. The lowest BCUT2D eigenvalue weighted by molar-refractivity contribution is 0.467. The van der Waals surface area contributed by atoms with Crippen LogP contribution in [0.25, 0.3) is 0 Å². The molecule has 0 saturated heterocycles. The Morgan fingerprint density at radius 1 is 1.28 bits per heavy atom. The second-order valence-corrected chi connectivity index (χ2v) is 3.73. The van der Waals surface area contributed by atoms with Crippen molar-refractivity contribution in [3.05, 3.63) is 35.5 Å². The average Bonchev–Trinajstić information content (AvgIpc) is 2.66. The Morgan fingerprint density at radius 2 is 2.00 bits per heavy atom. The summed E-state index contributed by atoms with van der Waals surface area (Å²) in [6, 6.07) is 0.451. The number of aryl methyl sites for hydroxylation is 2. The monoisotopic (exact) mass is 256 g/mol. The number of aromatic nitrogens is 3. The van der Waals surface area contributed by atoms with E-state index in [1.54, 1.807) is 17.9 Å². The molecule has 0 fully saturated rings. The van der Waals surface area contributed by atoms with Gasteiger partial charge in [-0.05, 0) is 6.42 Å². The summed E-state index contributed by atoms with van der Waals surface area (Å²) in [4.78, 5) is 3.19. The van der Waals surface area contributed by atoms with Crippen molar-refractivity contribution in [3.8, 4) is 0 Å². The van der Waals surface area contributed by atoms with E-state index in [0.717, 1.165) is 0 Å². The molecule has 96 valence electrons. The van der Waals surface area contributed by atoms with Crippen LogP contribution in [0.5, 0.6) is 0 Å². The molecule has 0 unspecified atom stereocenters. The first-order valence-electron chi connectivity index (χ1n) is 5.32. The number of pyridine rings is 1. The van der Waals surface area contributed by atoms with Crippen LogP contribution in [0.15, 0.2) is 12.3 Å². The Hall–Kier alpha value is -2.05. The highest BCUT2D eigenvalue weighted by molar-refractivity contribution is 5.58. The minimum absolute atomic E-state index is 0.364. The Morgan fingerprint density at radius 3 is 2.67 bits per heavy atom. The van der Waals surface area contributed by atoms with Gasteiger partial charge in [0, 0.05) is 19.3 Å². The first-order valence-corrected chi connectivity index (χ1v) is 5.32. The van der Waals surface area contributed by atoms with Gasteiger partial charge in [0.15, 0.2) is 17.5 Å². The van der Waals surface area contributed by atoms with Crippen molar-refractivity contribution in [1.29, 1.82) is 0 Å². The number of rotatable bonds is 3. The van der Waals surface area contributed by atoms with Gasteiger partial charge in [-0.15, -0.1) is 0 Å². The molecule has 0 saturated carbocycles. The number of hydrogen-bond donors (Lipinski definition) is 1. The molecular weight excluding hydrogens is 245 g/mol. The molecule has 0 bridgehead atoms. The summed E-state index contributed by atoms with van der Waals surface area (Å²) in [5.74, 6) is -3.99. The Kier molecular flexibility index (Phi) is 3.22. The van der Waals surface area contributed by atoms with Crippen molar-refractivity contribution >= 4 is 11.5 Å². The molecule has 0 aliphatic carbocycles. The zero-order chi connectivity index (χ0) is 13.3. The number of halogens is 3. The van der Waals surface area contributed by atoms with Gasteiger partial charge < -0.3 is 5.32 Å². The van der Waals surface area contributed by atoms with E-state index in [0.29, 0.717) is 23.9 Å². The predicted molar refractivity (Wildman–Crippen MR) is 60.0 cm³/mol. The molecule has 0 spiro atoms. The molecule has 2 heterocycles. The fraction of sp³-hybridized carbons (Fsp3) is 0.273. The van der Waals surface area contributed by atoms with Crippen LogP contribution in [0.4, 0.5) is 24.7 Å². The lowest BCUT2D eigenvalue weighted by Gasteiger charge is -2.06. The molecule has 2 rings (SSSR count). The van der Waals surface area contributed by atoms with Crippen molar-refractivity contribution in [2.24, 2.45) is 7.05 Å². The molecule has 4 nitrogen and oxygen atoms in total. The molecule has 0 aliphatic heterocycles. The fourth-order valence-corrected chi connectivity index (χ4v) is 1.56. The van der Waals surface area contributed by atoms with Gasteiger partial charge in [0.1, 0.15) is 0 Å². The maximum absolute atomic E-state index is 13.4. The lowest BCUT2D eigenvalue weighted by Crippen LogP contribution is -2.02. The SMILES string of the molecule is CCc1nn(C)cc1Nc1nc(F)c(F)cc1F. The average molecular weight is 256 g/mol. The van der Waals surface area contributed by atoms with Crippen molar-refractivity contribution in [2.75, 3.05) is 5.32 Å². The molecule has 0 amide bonds. The second kappa shape index (κ2) is 4.67. The Bertz CT molecular complexity index is 580. The van der Waals surface area contributed by atoms with Crippen LogP contribution in [0.1, 0.15) is 12.6 Å². The highest BCUT2D eigenvalue weighted by Crippen LogP contribution is 2.22. The largest absolute Gasteiger partial charge is 0.335 e. The van der Waals surface area contributed by atoms with Gasteiger partial charge in [-0.2, -0.15) is 14.5 Å². The minimum Gasteiger partial charge on any atom is -0.335 e. The van der Waals surface area contributed by atoms with E-state index < -0.39 is 17.6 Å². The summed E-state index contributed by atoms with van der Waals surface area (Å²) in [7, 11) is 1.71. The highest BCUT2D eigenvalue weighted by atomic mass is 19.2. The molecule has 2 aromatic heterocycles. The van der Waals surface area contributed by atoms with Crippen LogP contribution in [-0.4, -0.2) is 14.8 Å². The van der Waals surface area contributed by atoms with E-state index >= 15 is 0 Å². The molecule has 2 aromatic rings. The summed E-state index contributed by atoms with van der Waals surface area (Å²) in [6.45, 7) is 1.88. The van der Waals surface area contributed by atoms with Crippen LogP contribution in [0, 0.1) is 17.6 Å². The molecule has 0 aromatic carbocycles. The van der Waals surface area contributed by atoms with Gasteiger partial charge >= 0.3 is 0 Å². The molecule has 7 heteroatoms. The molecular formula is C11H11F3N4. The van der Waals surface area contributed by atoms with E-state index in [9.17, 15) is 13.2 Å². The lowest BCUT2D eigenvalue weighted by atomic mass is 10.3. The first-order chi connectivity index (χ1) is 8.51. The van der Waals surface area contributed by atoms with E-state index in [2.05, 4.69) is 15.4 Å². The zero-order valence-electron chi connectivity index (χ0n) is 9.84. The summed E-state index contributed by atoms with van der Waals surface area (Å²) >= 11 is 0. The fourth-order valence-electron chi connectivity index (χ4n) is 1.56. The molecule has 0 atom stereocenters. The van der Waals surface area contributed by atoms with Crippen molar-refractivity contribution in [1.82, 2.24) is 14.8 Å². The topological polar surface area (TPSA) is 42.7 Å². The summed E-state index contributed by atoms with van der Waals surface area (Å²) in [6.07, 6.45) is 2.23. The molecule has 0 aliphatic rings. The predicted octanol–water partition coefficient (Wildman–Crippen LogP) is 2.54. The minimum atomic E-state index is -1.35. The van der Waals surface area contributed by atoms with Crippen LogP contribution in [0.3, 0.4) is 0 Å². The van der Waals surface area contributed by atoms with Crippen LogP contribution >= 0.6 is 0 Å². The normalized spacial score (nSPS) is 10.7. The third kappa shape index (κ3) is 2.29. The summed E-state index contributed by atoms with van der Waals surface area (Å²) < 4.78 is 40.6. The zero-order valence-corrected chi connectivity index (χ0v) is 9.84. The standard InChI is InChI=1S/C11H11F3N4/c1-3-8-9(5-18(2)17-8)15-11-7(13)4-6(12)10(14)16-11/h4-5H,3H2,1-2H3,(H,15,16). The summed E-state index contributed by atoms with van der Waals surface area (Å²) in [5.41, 5.74) is 1.20. The van der Waals surface area contributed by atoms with Crippen molar-refractivity contribution in [2.45, 2.75) is 13.3 Å². The van der Waals surface area contributed by atoms with Gasteiger partial charge in [-0.3, -0.25) is 4.68 Å². The smallest absolute Gasteiger partial charge is 0.251 e. The van der Waals surface area contributed by atoms with Gasteiger partial charge in [0.05, 0.1) is 11.4 Å². The Labute approximate surface area is 101 Å². The van der Waals surface area contributed by atoms with E-state index in [1.165, 1.54) is 0 Å². The van der Waals surface area contributed by atoms with Gasteiger partial charge in [0.25, 0.3) is 5.95 Å². The van der Waals surface area contributed by atoms with Crippen LogP contribution < -0.4 is 5.32 Å². The van der Waals surface area contributed by atoms with E-state index in [4.69, 9.17) is 0 Å². The number of anilines is 2. The molecule has 18 heavy (non-hydrogen) atoms. The maximum Gasteiger partial charge on any atom is 0.251 e.